The Balaban J connectivity index is -0.0000000423. The van der Waals surface area contributed by atoms with Gasteiger partial charge in [-0.3, -0.25) is 4.79 Å². The normalized spacial score (nSPS) is 6.42. The van der Waals surface area contributed by atoms with Crippen LogP contribution in [-0.4, -0.2) is 31.8 Å². The van der Waals surface area contributed by atoms with E-state index in [4.69, 9.17) is 0 Å². The van der Waals surface area contributed by atoms with Crippen LogP contribution >= 0.6 is 0 Å². The predicted octanol–water partition coefficient (Wildman–Crippen LogP) is 1.16. The fourth-order valence-corrected chi connectivity index (χ4v) is 0.771. The minimum atomic E-state index is -0.245. The smallest absolute Gasteiger partial charge is 0.224 e. The molecule has 0 spiro atoms. The number of benzene rings is 1. The number of para-hydroxylation sites is 1. The van der Waals surface area contributed by atoms with Crippen LogP contribution in [0.4, 0.5) is 5.69 Å². The van der Waals surface area contributed by atoms with E-state index in [1.54, 1.807) is 0 Å². The van der Waals surface area contributed by atoms with Crippen LogP contribution in [0.1, 0.15) is 13.3 Å². The van der Waals surface area contributed by atoms with Crippen molar-refractivity contribution >= 4 is 23.4 Å². The Kier molecular flexibility index (Phi) is 63.7. The first-order valence-electron chi connectivity index (χ1n) is 6.29. The van der Waals surface area contributed by atoms with Gasteiger partial charge in [-0.05, 0) is 12.1 Å². The molecule has 1 aromatic rings. The van der Waals surface area contributed by atoms with Gasteiger partial charge in [0, 0.05) is 190 Å². The van der Waals surface area contributed by atoms with Crippen LogP contribution < -0.4 is 16.0 Å². The summed E-state index contributed by atoms with van der Waals surface area (Å²) in [5.74, 6) is -0.439. The first-order chi connectivity index (χ1) is 9.87. The molecule has 0 aliphatic carbocycles. The molecule has 0 aliphatic rings. The number of carbonyl (C=O) groups is 3. The minimum absolute atomic E-state index is 0. The van der Waals surface area contributed by atoms with E-state index >= 15 is 0 Å². The van der Waals surface area contributed by atoms with Crippen molar-refractivity contribution in [1.82, 2.24) is 10.6 Å². The van der Waals surface area contributed by atoms with Gasteiger partial charge in [0.1, 0.15) is 0 Å². The molecule has 0 aromatic heterocycles. The van der Waals surface area contributed by atoms with Gasteiger partial charge in [-0.2, -0.15) is 0 Å². The van der Waals surface area contributed by atoms with E-state index in [2.05, 4.69) is 29.8 Å². The Morgan fingerprint density at radius 2 is 1.12 bits per heavy atom. The average Bonchev–Trinajstić information content (AvgIpc) is 2.49. The van der Waals surface area contributed by atoms with Gasteiger partial charge in [-0.1, -0.05) is 25.1 Å². The van der Waals surface area contributed by atoms with Crippen molar-refractivity contribution in [1.29, 1.82) is 0 Å². The van der Waals surface area contributed by atoms with Crippen molar-refractivity contribution in [3.63, 3.8) is 0 Å². The van der Waals surface area contributed by atoms with E-state index in [1.165, 1.54) is 14.1 Å². The molecular formula is C15H23N3O3Y5-2. The number of hydrogen-bond acceptors (Lipinski definition) is 3. The summed E-state index contributed by atoms with van der Waals surface area (Å²) in [5, 5.41) is 7.31. The van der Waals surface area contributed by atoms with Crippen molar-refractivity contribution in [2.75, 3.05) is 19.4 Å². The third-order valence-corrected chi connectivity index (χ3v) is 1.94. The summed E-state index contributed by atoms with van der Waals surface area (Å²) < 4.78 is 0. The zero-order valence-electron chi connectivity index (χ0n) is 15.6. The molecule has 0 saturated heterocycles. The predicted molar refractivity (Wildman–Crippen MR) is 84.2 cm³/mol. The van der Waals surface area contributed by atoms with E-state index in [0.717, 1.165) is 5.69 Å². The molecule has 0 fully saturated rings. The van der Waals surface area contributed by atoms with Gasteiger partial charge in [-0.25, -0.2) is 0 Å². The van der Waals surface area contributed by atoms with E-state index in [0.29, 0.717) is 6.42 Å². The molecule has 5 radical (unpaired) electrons. The van der Waals surface area contributed by atoms with Crippen LogP contribution in [-0.2, 0) is 178 Å². The fraction of sp³-hybridized carbons (Fsp3) is 0.267. The summed E-state index contributed by atoms with van der Waals surface area (Å²) in [6.45, 7) is 7.85. The van der Waals surface area contributed by atoms with E-state index in [9.17, 15) is 14.4 Å². The second-order valence-corrected chi connectivity index (χ2v) is 3.61. The van der Waals surface area contributed by atoms with E-state index < -0.39 is 0 Å². The maximum atomic E-state index is 10.9. The minimum Gasteiger partial charge on any atom is -0.384 e. The molecule has 0 saturated carbocycles. The van der Waals surface area contributed by atoms with E-state index in [1.807, 2.05) is 37.3 Å². The molecular weight excluding hydrogens is 715 g/mol. The number of amides is 3. The second-order valence-electron chi connectivity index (χ2n) is 3.61. The van der Waals surface area contributed by atoms with Gasteiger partial charge in [0.2, 0.25) is 5.91 Å². The maximum Gasteiger partial charge on any atom is 0.224 e. The summed E-state index contributed by atoms with van der Waals surface area (Å²) >= 11 is 0. The van der Waals surface area contributed by atoms with Crippen LogP contribution in [0.15, 0.2) is 30.3 Å². The third-order valence-electron chi connectivity index (χ3n) is 1.94. The zero-order valence-corrected chi connectivity index (χ0v) is 29.8. The molecule has 3 amide bonds. The summed E-state index contributed by atoms with van der Waals surface area (Å²) in [6.07, 6.45) is 0.523. The standard InChI is InChI=1S/C9H11NO.2C3H6NO.5Y/c1-2-9(11)10-8-6-4-3-5-7-8;2*1-3(5)4-2;;;;;/h3-7H,2H2,1H3,(H,10,11);2*1H2,2H3,(H,4,5);;;;;/q;2*-1;;;;;. The number of nitrogens with one attached hydrogen (secondary N) is 3. The number of hydrogen-bond donors (Lipinski definition) is 3. The van der Waals surface area contributed by atoms with Crippen molar-refractivity contribution in [2.24, 2.45) is 0 Å². The van der Waals surface area contributed by atoms with E-state index in [-0.39, 0.29) is 181 Å². The van der Waals surface area contributed by atoms with Crippen LogP contribution in [0.25, 0.3) is 0 Å². The van der Waals surface area contributed by atoms with Crippen molar-refractivity contribution < 1.29 is 178 Å². The van der Waals surface area contributed by atoms with Gasteiger partial charge < -0.3 is 39.4 Å². The molecule has 3 N–H and O–H groups in total. The Hall–Kier alpha value is 2.89. The molecule has 1 rings (SSSR count). The average molecular weight is 738 g/mol. The zero-order chi connectivity index (χ0) is 16.7. The van der Waals surface area contributed by atoms with Crippen molar-refractivity contribution in [2.45, 2.75) is 13.3 Å². The third kappa shape index (κ3) is 41.3. The molecule has 0 unspecified atom stereocenters. The number of carbonyl (C=O) groups excluding carboxylic acids is 3. The first kappa shape index (κ1) is 46.9. The van der Waals surface area contributed by atoms with Crippen LogP contribution in [0.3, 0.4) is 0 Å². The quantitative estimate of drug-likeness (QED) is 0.399. The molecule has 133 valence electrons. The Labute approximate surface area is 283 Å². The van der Waals surface area contributed by atoms with Gasteiger partial charge in [0.15, 0.2) is 0 Å². The van der Waals surface area contributed by atoms with Gasteiger partial charge in [0.25, 0.3) is 0 Å². The van der Waals surface area contributed by atoms with Crippen molar-refractivity contribution in [3.05, 3.63) is 44.2 Å². The fourth-order valence-electron chi connectivity index (χ4n) is 0.771. The summed E-state index contributed by atoms with van der Waals surface area (Å²) in [6, 6.07) is 9.44. The van der Waals surface area contributed by atoms with Gasteiger partial charge in [0.05, 0.1) is 11.8 Å². The SMILES string of the molecule is CCC(=O)Nc1ccccc1.[CH2-]C(=O)NC.[CH2-]C(=O)NC.[Y].[Y].[Y].[Y].[Y]. The molecule has 1 aromatic carbocycles. The number of anilines is 1. The molecule has 0 aliphatic heterocycles. The summed E-state index contributed by atoms with van der Waals surface area (Å²) in [7, 11) is 3.07. The molecule has 26 heavy (non-hydrogen) atoms. The first-order valence-corrected chi connectivity index (χ1v) is 6.29. The molecule has 0 bridgehead atoms. The topological polar surface area (TPSA) is 87.3 Å². The maximum absolute atomic E-state index is 10.9. The largest absolute Gasteiger partial charge is 0.384 e. The second kappa shape index (κ2) is 35.3. The van der Waals surface area contributed by atoms with Gasteiger partial charge >= 0.3 is 0 Å². The Morgan fingerprint density at radius 3 is 1.35 bits per heavy atom. The number of rotatable bonds is 2. The molecule has 0 atom stereocenters. The summed E-state index contributed by atoms with van der Waals surface area (Å²) in [5.41, 5.74) is 0.861. The molecule has 11 heteroatoms. The Morgan fingerprint density at radius 1 is 0.808 bits per heavy atom. The monoisotopic (exact) mass is 738 g/mol. The molecule has 6 nitrogen and oxygen atoms in total. The molecule has 0 heterocycles. The Bertz CT molecular complexity index is 424. The summed E-state index contributed by atoms with van der Waals surface area (Å²) in [4.78, 5) is 30.1. The van der Waals surface area contributed by atoms with Crippen LogP contribution in [0.2, 0.25) is 0 Å². The van der Waals surface area contributed by atoms with Crippen molar-refractivity contribution in [3.8, 4) is 0 Å². The van der Waals surface area contributed by atoms with Crippen LogP contribution in [0, 0.1) is 13.8 Å². The van der Waals surface area contributed by atoms with Gasteiger partial charge in [-0.15, -0.1) is 0 Å². The van der Waals surface area contributed by atoms with Crippen LogP contribution in [0.5, 0.6) is 0 Å².